The van der Waals surface area contributed by atoms with Gasteiger partial charge in [-0.25, -0.2) is 4.79 Å². The fourth-order valence-corrected chi connectivity index (χ4v) is 3.17. The van der Waals surface area contributed by atoms with E-state index in [1.54, 1.807) is 20.1 Å². The number of carbonyl (C=O) groups is 1. The number of hydrogen-bond acceptors (Lipinski definition) is 4. The molecule has 0 aliphatic carbocycles. The summed E-state index contributed by atoms with van der Waals surface area (Å²) in [6.45, 7) is 1.92. The van der Waals surface area contributed by atoms with Crippen LogP contribution < -0.4 is 10.2 Å². The molecule has 0 unspecified atom stereocenters. The van der Waals surface area contributed by atoms with Crippen LogP contribution in [0.4, 0.5) is 0 Å². The maximum Gasteiger partial charge on any atom is 0.343 e. The number of nitrogens with one attached hydrogen (secondary N) is 1. The van der Waals surface area contributed by atoms with E-state index < -0.39 is 5.97 Å². The summed E-state index contributed by atoms with van der Waals surface area (Å²) in [5, 5.41) is 0.445. The number of pyridine rings is 1. The largest absolute Gasteiger partial charge is 0.497 e. The highest BCUT2D eigenvalue weighted by Crippen LogP contribution is 2.21. The van der Waals surface area contributed by atoms with Gasteiger partial charge in [0.1, 0.15) is 11.3 Å². The first kappa shape index (κ1) is 18.2. The molecule has 5 nitrogen and oxygen atoms in total. The van der Waals surface area contributed by atoms with Gasteiger partial charge < -0.3 is 14.5 Å². The second kappa shape index (κ2) is 7.74. The number of esters is 1. The van der Waals surface area contributed by atoms with E-state index in [9.17, 15) is 9.59 Å². The molecule has 0 fully saturated rings. The molecule has 0 spiro atoms. The summed E-state index contributed by atoms with van der Waals surface area (Å²) in [5.41, 5.74) is 1.88. The van der Waals surface area contributed by atoms with Gasteiger partial charge >= 0.3 is 5.97 Å². The van der Waals surface area contributed by atoms with Crippen molar-refractivity contribution >= 4 is 32.8 Å². The van der Waals surface area contributed by atoms with E-state index in [2.05, 4.69) is 20.9 Å². The van der Waals surface area contributed by atoms with Crippen LogP contribution in [-0.2, 0) is 11.2 Å². The summed E-state index contributed by atoms with van der Waals surface area (Å²) < 4.78 is 11.0. The number of hydrogen-bond donors (Lipinski definition) is 1. The summed E-state index contributed by atoms with van der Waals surface area (Å²) in [6.07, 6.45) is 0.402. The van der Waals surface area contributed by atoms with Crippen molar-refractivity contribution in [2.24, 2.45) is 0 Å². The van der Waals surface area contributed by atoms with Gasteiger partial charge in [-0.3, -0.25) is 4.79 Å². The van der Waals surface area contributed by atoms with Gasteiger partial charge in [-0.2, -0.15) is 0 Å². The fraction of sp³-hybridized carbons (Fsp3) is 0.200. The van der Waals surface area contributed by atoms with Gasteiger partial charge in [0.05, 0.1) is 13.7 Å². The molecule has 0 atom stereocenters. The molecule has 0 aliphatic heterocycles. The average Bonchev–Trinajstić information content (AvgIpc) is 2.63. The van der Waals surface area contributed by atoms with Gasteiger partial charge in [0, 0.05) is 27.5 Å². The summed E-state index contributed by atoms with van der Waals surface area (Å²) in [7, 11) is 1.60. The normalized spacial score (nSPS) is 10.7. The number of rotatable bonds is 5. The highest BCUT2D eigenvalue weighted by Gasteiger charge is 2.20. The summed E-state index contributed by atoms with van der Waals surface area (Å²) in [6, 6.07) is 12.8. The molecule has 1 heterocycles. The lowest BCUT2D eigenvalue weighted by Gasteiger charge is -2.11. The molecule has 1 N–H and O–H groups in total. The number of H-pyrrole nitrogens is 1. The molecule has 2 aromatic carbocycles. The fourth-order valence-electron chi connectivity index (χ4n) is 2.81. The Morgan fingerprint density at radius 3 is 2.54 bits per heavy atom. The number of aromatic amines is 1. The smallest absolute Gasteiger partial charge is 0.343 e. The minimum atomic E-state index is -0.612. The highest BCUT2D eigenvalue weighted by molar-refractivity contribution is 9.10. The van der Waals surface area contributed by atoms with Crippen LogP contribution in [0.15, 0.2) is 51.7 Å². The van der Waals surface area contributed by atoms with Crippen molar-refractivity contribution in [3.8, 4) is 5.75 Å². The van der Waals surface area contributed by atoms with Crippen molar-refractivity contribution in [1.82, 2.24) is 4.98 Å². The molecule has 0 amide bonds. The van der Waals surface area contributed by atoms with Gasteiger partial charge in [0.2, 0.25) is 5.43 Å². The van der Waals surface area contributed by atoms with Gasteiger partial charge in [0.15, 0.2) is 0 Å². The van der Waals surface area contributed by atoms with Crippen molar-refractivity contribution in [1.29, 1.82) is 0 Å². The number of fused-ring (bicyclic) bond motifs is 1. The Kier molecular flexibility index (Phi) is 5.42. The number of halogens is 1. The van der Waals surface area contributed by atoms with Gasteiger partial charge in [-0.05, 0) is 42.8 Å². The van der Waals surface area contributed by atoms with Crippen LogP contribution in [0.1, 0.15) is 28.5 Å². The zero-order valence-corrected chi connectivity index (χ0v) is 16.1. The topological polar surface area (TPSA) is 68.4 Å². The molecule has 0 aliphatic rings. The molecule has 3 aromatic rings. The van der Waals surface area contributed by atoms with Crippen LogP contribution in [0, 0.1) is 0 Å². The first-order valence-electron chi connectivity index (χ1n) is 8.18. The van der Waals surface area contributed by atoms with Crippen LogP contribution in [0.25, 0.3) is 10.9 Å². The molecule has 6 heteroatoms. The Labute approximate surface area is 159 Å². The van der Waals surface area contributed by atoms with Gasteiger partial charge in [-0.1, -0.05) is 28.1 Å². The summed E-state index contributed by atoms with van der Waals surface area (Å²) >= 11 is 3.36. The zero-order valence-electron chi connectivity index (χ0n) is 14.5. The van der Waals surface area contributed by atoms with Crippen molar-refractivity contribution in [3.63, 3.8) is 0 Å². The van der Waals surface area contributed by atoms with Crippen LogP contribution in [-0.4, -0.2) is 24.7 Å². The first-order valence-corrected chi connectivity index (χ1v) is 8.97. The third kappa shape index (κ3) is 3.65. The van der Waals surface area contributed by atoms with E-state index >= 15 is 0 Å². The first-order chi connectivity index (χ1) is 12.5. The summed E-state index contributed by atoms with van der Waals surface area (Å²) in [5.74, 6) is 0.135. The highest BCUT2D eigenvalue weighted by atomic mass is 79.9. The number of aromatic nitrogens is 1. The Morgan fingerprint density at radius 1 is 1.15 bits per heavy atom. The summed E-state index contributed by atoms with van der Waals surface area (Å²) in [4.78, 5) is 28.6. The number of ether oxygens (including phenoxy) is 2. The van der Waals surface area contributed by atoms with Crippen LogP contribution in [0.3, 0.4) is 0 Å². The third-order valence-corrected chi connectivity index (χ3v) is 4.55. The third-order valence-electron chi connectivity index (χ3n) is 4.06. The maximum atomic E-state index is 12.9. The SMILES string of the molecule is CCOC(=O)c1c(Cc2ccc(OC)cc2)[nH]c2ccc(Br)cc2c1=O. The second-order valence-corrected chi connectivity index (χ2v) is 6.66. The molecule has 134 valence electrons. The Bertz CT molecular complexity index is 1010. The van der Waals surface area contributed by atoms with E-state index in [1.165, 1.54) is 0 Å². The van der Waals surface area contributed by atoms with Crippen molar-refractivity contribution in [2.45, 2.75) is 13.3 Å². The quantitative estimate of drug-likeness (QED) is 0.637. The van der Waals surface area contributed by atoms with E-state index in [0.717, 1.165) is 15.8 Å². The molecule has 3 rings (SSSR count). The van der Waals surface area contributed by atoms with E-state index in [4.69, 9.17) is 9.47 Å². The van der Waals surface area contributed by atoms with E-state index in [-0.39, 0.29) is 17.6 Å². The molecule has 0 bridgehead atoms. The van der Waals surface area contributed by atoms with Crippen molar-refractivity contribution in [3.05, 3.63) is 74.0 Å². The molecular formula is C20H18BrNO4. The van der Waals surface area contributed by atoms with E-state index in [0.29, 0.717) is 23.0 Å². The van der Waals surface area contributed by atoms with Crippen LogP contribution in [0.2, 0.25) is 0 Å². The van der Waals surface area contributed by atoms with Gasteiger partial charge in [0.25, 0.3) is 0 Å². The van der Waals surface area contributed by atoms with E-state index in [1.807, 2.05) is 36.4 Å². The van der Waals surface area contributed by atoms with Crippen LogP contribution >= 0.6 is 15.9 Å². The molecule has 0 radical (unpaired) electrons. The Hall–Kier alpha value is -2.60. The molecular weight excluding hydrogens is 398 g/mol. The monoisotopic (exact) mass is 415 g/mol. The minimum absolute atomic E-state index is 0.0493. The van der Waals surface area contributed by atoms with Gasteiger partial charge in [-0.15, -0.1) is 0 Å². The number of methoxy groups -OCH3 is 1. The lowest BCUT2D eigenvalue weighted by atomic mass is 10.0. The molecule has 0 saturated heterocycles. The average molecular weight is 416 g/mol. The molecule has 1 aromatic heterocycles. The standard InChI is InChI=1S/C20H18BrNO4/c1-3-26-20(24)18-17(10-12-4-7-14(25-2)8-5-12)22-16-9-6-13(21)11-15(16)19(18)23/h4-9,11H,3,10H2,1-2H3,(H,22,23). The lowest BCUT2D eigenvalue weighted by molar-refractivity contribution is 0.0523. The Balaban J connectivity index is 2.14. The number of benzene rings is 2. The van der Waals surface area contributed by atoms with Crippen molar-refractivity contribution in [2.75, 3.05) is 13.7 Å². The molecule has 0 saturated carbocycles. The minimum Gasteiger partial charge on any atom is -0.497 e. The predicted molar refractivity (Wildman–Crippen MR) is 104 cm³/mol. The van der Waals surface area contributed by atoms with Crippen molar-refractivity contribution < 1.29 is 14.3 Å². The maximum absolute atomic E-state index is 12.9. The van der Waals surface area contributed by atoms with Crippen LogP contribution in [0.5, 0.6) is 5.75 Å². The molecule has 26 heavy (non-hydrogen) atoms. The Morgan fingerprint density at radius 2 is 1.88 bits per heavy atom. The predicted octanol–water partition coefficient (Wildman–Crippen LogP) is 4.07. The lowest BCUT2D eigenvalue weighted by Crippen LogP contribution is -2.22. The second-order valence-electron chi connectivity index (χ2n) is 5.74. The zero-order chi connectivity index (χ0) is 18.7. The number of carbonyl (C=O) groups excluding carboxylic acids is 1.